The van der Waals surface area contributed by atoms with Gasteiger partial charge in [-0.05, 0) is 29.0 Å². The fraction of sp³-hybridized carbons (Fsp3) is 0.214. The van der Waals surface area contributed by atoms with Crippen LogP contribution < -0.4 is 4.74 Å². The Morgan fingerprint density at radius 2 is 1.74 bits per heavy atom. The number of alkyl halides is 3. The molecule has 19 heavy (non-hydrogen) atoms. The molecule has 5 heteroatoms. The number of halogens is 3. The molecule has 2 aromatic rings. The van der Waals surface area contributed by atoms with E-state index in [9.17, 15) is 18.0 Å². The van der Waals surface area contributed by atoms with Crippen molar-refractivity contribution in [3.8, 4) is 5.75 Å². The highest BCUT2D eigenvalue weighted by atomic mass is 19.4. The summed E-state index contributed by atoms with van der Waals surface area (Å²) in [7, 11) is 1.53. The zero-order chi connectivity index (χ0) is 14.0. The van der Waals surface area contributed by atoms with Crippen molar-refractivity contribution in [2.75, 3.05) is 7.11 Å². The number of ketones is 1. The summed E-state index contributed by atoms with van der Waals surface area (Å²) >= 11 is 0. The number of Topliss-reactive ketones (excluding diaryl/α,β-unsaturated/α-hetero) is 1. The van der Waals surface area contributed by atoms with Crippen LogP contribution in [0, 0.1) is 0 Å². The summed E-state index contributed by atoms with van der Waals surface area (Å²) in [6.45, 7) is 0. The number of fused-ring (bicyclic) bond motifs is 1. The summed E-state index contributed by atoms with van der Waals surface area (Å²) in [6.07, 6.45) is -5.92. The van der Waals surface area contributed by atoms with Crippen LogP contribution in [0.2, 0.25) is 0 Å². The van der Waals surface area contributed by atoms with E-state index in [1.165, 1.54) is 19.2 Å². The summed E-state index contributed by atoms with van der Waals surface area (Å²) in [5, 5.41) is 1.51. The third-order valence-electron chi connectivity index (χ3n) is 2.73. The number of benzene rings is 2. The molecule has 2 aromatic carbocycles. The molecule has 0 aliphatic carbocycles. The Balaban J connectivity index is 2.34. The van der Waals surface area contributed by atoms with Gasteiger partial charge in [0.15, 0.2) is 5.78 Å². The van der Waals surface area contributed by atoms with Crippen LogP contribution in [0.15, 0.2) is 36.4 Å². The minimum Gasteiger partial charge on any atom is -0.497 e. The average molecular weight is 268 g/mol. The van der Waals surface area contributed by atoms with Crippen molar-refractivity contribution in [2.45, 2.75) is 12.6 Å². The Kier molecular flexibility index (Phi) is 3.46. The molecule has 0 fully saturated rings. The number of hydrogen-bond acceptors (Lipinski definition) is 2. The Morgan fingerprint density at radius 3 is 2.37 bits per heavy atom. The largest absolute Gasteiger partial charge is 0.497 e. The minimum absolute atomic E-state index is 0.0648. The number of carbonyl (C=O) groups excluding carboxylic acids is 1. The SMILES string of the molecule is COc1ccc2cc(C(=O)CC(F)(F)F)ccc2c1. The van der Waals surface area contributed by atoms with Crippen LogP contribution in [0.1, 0.15) is 16.8 Å². The second kappa shape index (κ2) is 4.91. The van der Waals surface area contributed by atoms with Crippen molar-refractivity contribution < 1.29 is 22.7 Å². The van der Waals surface area contributed by atoms with Crippen molar-refractivity contribution in [3.63, 3.8) is 0 Å². The molecule has 0 amide bonds. The molecule has 0 saturated heterocycles. The van der Waals surface area contributed by atoms with Crippen molar-refractivity contribution in [2.24, 2.45) is 0 Å². The Hall–Kier alpha value is -2.04. The maximum Gasteiger partial charge on any atom is 0.396 e. The van der Waals surface area contributed by atoms with Gasteiger partial charge >= 0.3 is 6.18 Å². The summed E-state index contributed by atoms with van der Waals surface area (Å²) < 4.78 is 41.6. The first kappa shape index (κ1) is 13.4. The number of carbonyl (C=O) groups is 1. The molecule has 0 saturated carbocycles. The van der Waals surface area contributed by atoms with Gasteiger partial charge in [-0.1, -0.05) is 18.2 Å². The molecule has 0 aliphatic rings. The van der Waals surface area contributed by atoms with E-state index in [1.807, 2.05) is 0 Å². The molecule has 2 rings (SSSR count). The van der Waals surface area contributed by atoms with Gasteiger partial charge in [0.05, 0.1) is 7.11 Å². The van der Waals surface area contributed by atoms with Crippen molar-refractivity contribution in [1.29, 1.82) is 0 Å². The molecule has 0 radical (unpaired) electrons. The van der Waals surface area contributed by atoms with E-state index < -0.39 is 18.4 Å². The minimum atomic E-state index is -4.48. The van der Waals surface area contributed by atoms with Crippen LogP contribution in [0.4, 0.5) is 13.2 Å². The van der Waals surface area contributed by atoms with Gasteiger partial charge in [-0.25, -0.2) is 0 Å². The normalized spacial score (nSPS) is 11.6. The van der Waals surface area contributed by atoms with Crippen molar-refractivity contribution in [1.82, 2.24) is 0 Å². The summed E-state index contributed by atoms with van der Waals surface area (Å²) in [6, 6.07) is 9.63. The molecule has 2 nitrogen and oxygen atoms in total. The lowest BCUT2D eigenvalue weighted by Gasteiger charge is -2.07. The number of rotatable bonds is 3. The van der Waals surface area contributed by atoms with Gasteiger partial charge in [0.2, 0.25) is 0 Å². The molecule has 0 heterocycles. The standard InChI is InChI=1S/C14H11F3O2/c1-19-12-5-4-9-6-11(3-2-10(9)7-12)13(18)8-14(15,16)17/h2-7H,8H2,1H3. The molecule has 0 bridgehead atoms. The van der Waals surface area contributed by atoms with Gasteiger partial charge in [-0.2, -0.15) is 13.2 Å². The van der Waals surface area contributed by atoms with Crippen LogP contribution in [-0.4, -0.2) is 19.1 Å². The molecular weight excluding hydrogens is 257 g/mol. The average Bonchev–Trinajstić information content (AvgIpc) is 2.35. The van der Waals surface area contributed by atoms with E-state index in [0.29, 0.717) is 11.1 Å². The second-order valence-electron chi connectivity index (χ2n) is 4.14. The smallest absolute Gasteiger partial charge is 0.396 e. The first-order valence-electron chi connectivity index (χ1n) is 5.57. The molecule has 0 spiro atoms. The first-order chi connectivity index (χ1) is 8.89. The number of hydrogen-bond donors (Lipinski definition) is 0. The summed E-state index contributed by atoms with van der Waals surface area (Å²) in [5.74, 6) is -0.271. The molecule has 0 aliphatic heterocycles. The van der Waals surface area contributed by atoms with Gasteiger partial charge in [-0.15, -0.1) is 0 Å². The molecule has 0 unspecified atom stereocenters. The number of ether oxygens (including phenoxy) is 1. The van der Waals surface area contributed by atoms with Crippen LogP contribution in [-0.2, 0) is 0 Å². The Bertz CT molecular complexity index is 618. The Morgan fingerprint density at radius 1 is 1.11 bits per heavy atom. The first-order valence-corrected chi connectivity index (χ1v) is 5.57. The van der Waals surface area contributed by atoms with Gasteiger partial charge in [0.25, 0.3) is 0 Å². The fourth-order valence-corrected chi connectivity index (χ4v) is 1.81. The van der Waals surface area contributed by atoms with Crippen LogP contribution in [0.25, 0.3) is 10.8 Å². The molecule has 0 aromatic heterocycles. The van der Waals surface area contributed by atoms with Crippen LogP contribution in [0.3, 0.4) is 0 Å². The lowest BCUT2D eigenvalue weighted by molar-refractivity contribution is -0.125. The monoisotopic (exact) mass is 268 g/mol. The van der Waals surface area contributed by atoms with Crippen molar-refractivity contribution in [3.05, 3.63) is 42.0 Å². The third kappa shape index (κ3) is 3.24. The Labute approximate surface area is 107 Å². The highest BCUT2D eigenvalue weighted by molar-refractivity contribution is 6.00. The van der Waals surface area contributed by atoms with E-state index >= 15 is 0 Å². The third-order valence-corrected chi connectivity index (χ3v) is 2.73. The maximum absolute atomic E-state index is 12.2. The predicted molar refractivity (Wildman–Crippen MR) is 65.5 cm³/mol. The zero-order valence-electron chi connectivity index (χ0n) is 10.1. The van der Waals surface area contributed by atoms with E-state index in [4.69, 9.17) is 4.74 Å². The van der Waals surface area contributed by atoms with Gasteiger partial charge < -0.3 is 4.74 Å². The van der Waals surface area contributed by atoms with Gasteiger partial charge in [0.1, 0.15) is 12.2 Å². The summed E-state index contributed by atoms with van der Waals surface area (Å²) in [4.78, 5) is 11.5. The van der Waals surface area contributed by atoms with E-state index in [2.05, 4.69) is 0 Å². The number of methoxy groups -OCH3 is 1. The highest BCUT2D eigenvalue weighted by Gasteiger charge is 2.31. The fourth-order valence-electron chi connectivity index (χ4n) is 1.81. The maximum atomic E-state index is 12.2. The van der Waals surface area contributed by atoms with Gasteiger partial charge in [0, 0.05) is 5.56 Å². The lowest BCUT2D eigenvalue weighted by Crippen LogP contribution is -2.14. The lowest BCUT2D eigenvalue weighted by atomic mass is 10.0. The topological polar surface area (TPSA) is 26.3 Å². The quantitative estimate of drug-likeness (QED) is 0.787. The van der Waals surface area contributed by atoms with E-state index in [-0.39, 0.29) is 5.56 Å². The molecule has 0 atom stereocenters. The highest BCUT2D eigenvalue weighted by Crippen LogP contribution is 2.25. The zero-order valence-corrected chi connectivity index (χ0v) is 10.1. The molecular formula is C14H11F3O2. The van der Waals surface area contributed by atoms with Crippen LogP contribution >= 0.6 is 0 Å². The second-order valence-corrected chi connectivity index (χ2v) is 4.14. The molecule has 100 valence electrons. The van der Waals surface area contributed by atoms with Crippen LogP contribution in [0.5, 0.6) is 5.75 Å². The van der Waals surface area contributed by atoms with Gasteiger partial charge in [-0.3, -0.25) is 4.79 Å². The van der Waals surface area contributed by atoms with Crippen molar-refractivity contribution >= 4 is 16.6 Å². The summed E-state index contributed by atoms with van der Waals surface area (Å²) in [5.41, 5.74) is 0.0648. The molecule has 0 N–H and O–H groups in total. The predicted octanol–water partition coefficient (Wildman–Crippen LogP) is 3.98. The van der Waals surface area contributed by atoms with E-state index in [0.717, 1.165) is 5.39 Å². The van der Waals surface area contributed by atoms with E-state index in [1.54, 1.807) is 24.3 Å².